The van der Waals surface area contributed by atoms with E-state index in [2.05, 4.69) is 30.6 Å². The van der Waals surface area contributed by atoms with Gasteiger partial charge in [-0.15, -0.1) is 0 Å². The Morgan fingerprint density at radius 2 is 1.62 bits per heavy atom. The lowest BCUT2D eigenvalue weighted by Gasteiger charge is -2.14. The number of aromatic nitrogens is 4. The normalized spacial score (nSPS) is 14.3. The Balaban J connectivity index is 1.68. The molecule has 0 radical (unpaired) electrons. The number of hydrogen-bond donors (Lipinski definition) is 2. The smallest absolute Gasteiger partial charge is 0.287 e. The largest absolute Gasteiger partial charge is 0.370 e. The molecule has 1 aliphatic carbocycles. The minimum absolute atomic E-state index is 0.134. The highest BCUT2D eigenvalue weighted by Gasteiger charge is 2.27. The molecule has 1 saturated carbocycles. The molecule has 1 fully saturated rings. The fourth-order valence-corrected chi connectivity index (χ4v) is 2.99. The number of nitrogens with zero attached hydrogens (tertiary/aromatic N) is 4. The van der Waals surface area contributed by atoms with E-state index in [1.807, 2.05) is 0 Å². The molecule has 10 heteroatoms. The van der Waals surface area contributed by atoms with Gasteiger partial charge in [-0.25, -0.2) is 15.0 Å². The molecular weight excluding hydrogens is 424 g/mol. The van der Waals surface area contributed by atoms with Crippen LogP contribution in [-0.4, -0.2) is 26.5 Å². The van der Waals surface area contributed by atoms with Crippen molar-refractivity contribution in [2.24, 2.45) is 5.92 Å². The first-order chi connectivity index (χ1) is 15.1. The Bertz CT molecular complexity index is 1110. The van der Waals surface area contributed by atoms with Crippen LogP contribution >= 0.6 is 0 Å². The van der Waals surface area contributed by atoms with E-state index < -0.39 is 17.5 Å². The van der Waals surface area contributed by atoms with Gasteiger partial charge in [0.2, 0.25) is 0 Å². The Labute approximate surface area is 182 Å². The number of anilines is 3. The van der Waals surface area contributed by atoms with E-state index in [0.717, 1.165) is 33.2 Å². The van der Waals surface area contributed by atoms with Gasteiger partial charge in [-0.3, -0.25) is 4.98 Å². The average molecular weight is 446 g/mol. The Kier molecular flexibility index (Phi) is 5.70. The molecule has 2 N–H and O–H groups in total. The quantitative estimate of drug-likeness (QED) is 0.431. The van der Waals surface area contributed by atoms with Crippen molar-refractivity contribution >= 4 is 17.3 Å². The lowest BCUT2D eigenvalue weighted by atomic mass is 10.2. The van der Waals surface area contributed by atoms with Crippen LogP contribution in [0.5, 0.6) is 0 Å². The molecular formula is C22H22F4N6. The first-order valence-electron chi connectivity index (χ1n) is 10.2. The molecule has 0 bridgehead atoms. The van der Waals surface area contributed by atoms with Gasteiger partial charge in [0.15, 0.2) is 5.82 Å². The van der Waals surface area contributed by atoms with Crippen molar-refractivity contribution in [2.75, 3.05) is 17.2 Å². The van der Waals surface area contributed by atoms with Crippen LogP contribution in [0, 0.1) is 5.92 Å². The molecule has 3 aromatic rings. The third-order valence-electron chi connectivity index (χ3n) is 4.90. The summed E-state index contributed by atoms with van der Waals surface area (Å²) in [5.74, 6) is -4.72. The lowest BCUT2D eigenvalue weighted by Crippen LogP contribution is -2.12. The highest BCUT2D eigenvalue weighted by atomic mass is 19.3. The summed E-state index contributed by atoms with van der Waals surface area (Å²) in [6, 6.07) is 8.64. The highest BCUT2D eigenvalue weighted by Crippen LogP contribution is 2.31. The summed E-state index contributed by atoms with van der Waals surface area (Å²) in [5, 5.41) is 6.20. The zero-order chi connectivity index (χ0) is 22.9. The molecule has 0 unspecified atom stereocenters. The van der Waals surface area contributed by atoms with Crippen molar-refractivity contribution in [1.82, 2.24) is 19.9 Å². The highest BCUT2D eigenvalue weighted by molar-refractivity contribution is 5.64. The summed E-state index contributed by atoms with van der Waals surface area (Å²) in [6.07, 6.45) is 3.55. The molecule has 0 spiro atoms. The molecule has 4 rings (SSSR count). The van der Waals surface area contributed by atoms with E-state index in [1.54, 1.807) is 12.1 Å². The molecule has 1 aliphatic rings. The first-order valence-corrected chi connectivity index (χ1v) is 10.2. The van der Waals surface area contributed by atoms with Crippen molar-refractivity contribution in [2.45, 2.75) is 38.5 Å². The van der Waals surface area contributed by atoms with E-state index in [0.29, 0.717) is 23.2 Å². The SMILES string of the molecule is CC(F)(F)c1cc(Nc2cc(NCC3CC3)nc(-c3cccc(C(C)(F)F)n3)n2)ccn1. The van der Waals surface area contributed by atoms with Crippen molar-refractivity contribution < 1.29 is 17.6 Å². The summed E-state index contributed by atoms with van der Waals surface area (Å²) >= 11 is 0. The fourth-order valence-electron chi connectivity index (χ4n) is 2.99. The van der Waals surface area contributed by atoms with Gasteiger partial charge < -0.3 is 10.6 Å². The molecule has 0 atom stereocenters. The topological polar surface area (TPSA) is 75.6 Å². The Hall–Kier alpha value is -3.30. The van der Waals surface area contributed by atoms with Crippen LogP contribution in [-0.2, 0) is 11.8 Å². The van der Waals surface area contributed by atoms with Crippen LogP contribution in [0.15, 0.2) is 42.6 Å². The van der Waals surface area contributed by atoms with Gasteiger partial charge >= 0.3 is 0 Å². The molecule has 3 heterocycles. The molecule has 0 amide bonds. The standard InChI is InChI=1S/C22H22F4N6/c1-21(23,24)16-5-3-4-15(30-16)20-31-18(28-12-13-6-7-13)11-19(32-20)29-14-8-9-27-17(10-14)22(2,25)26/h3-5,8-11,13H,6-7,12H2,1-2H3,(H2,27,28,29,31,32). The summed E-state index contributed by atoms with van der Waals surface area (Å²) in [5.41, 5.74) is -0.245. The van der Waals surface area contributed by atoms with Crippen LogP contribution in [0.4, 0.5) is 34.9 Å². The predicted octanol–water partition coefficient (Wildman–Crippen LogP) is 5.72. The maximum absolute atomic E-state index is 13.8. The molecule has 32 heavy (non-hydrogen) atoms. The second-order valence-corrected chi connectivity index (χ2v) is 8.03. The third kappa shape index (κ3) is 5.49. The van der Waals surface area contributed by atoms with Crippen molar-refractivity contribution in [1.29, 1.82) is 0 Å². The van der Waals surface area contributed by atoms with Crippen molar-refractivity contribution in [3.8, 4) is 11.5 Å². The summed E-state index contributed by atoms with van der Waals surface area (Å²) < 4.78 is 54.8. The van der Waals surface area contributed by atoms with E-state index in [9.17, 15) is 17.6 Å². The molecule has 0 aliphatic heterocycles. The molecule has 0 saturated heterocycles. The van der Waals surface area contributed by atoms with Crippen LogP contribution in [0.2, 0.25) is 0 Å². The molecule has 3 aromatic heterocycles. The minimum atomic E-state index is -3.11. The number of alkyl halides is 4. The zero-order valence-corrected chi connectivity index (χ0v) is 17.5. The summed E-state index contributed by atoms with van der Waals surface area (Å²) in [6.45, 7) is 2.26. The van der Waals surface area contributed by atoms with Crippen LogP contribution in [0.3, 0.4) is 0 Å². The van der Waals surface area contributed by atoms with Gasteiger partial charge in [-0.05, 0) is 43.0 Å². The third-order valence-corrected chi connectivity index (χ3v) is 4.90. The molecule has 168 valence electrons. The summed E-state index contributed by atoms with van der Waals surface area (Å²) in [7, 11) is 0. The van der Waals surface area contributed by atoms with Gasteiger partial charge in [-0.1, -0.05) is 6.07 Å². The maximum Gasteiger partial charge on any atom is 0.287 e. The fraction of sp³-hybridized carbons (Fsp3) is 0.364. The zero-order valence-electron chi connectivity index (χ0n) is 17.5. The van der Waals surface area contributed by atoms with Gasteiger partial charge in [0.05, 0.1) is 0 Å². The number of rotatable bonds is 8. The first kappa shape index (κ1) is 21.9. The van der Waals surface area contributed by atoms with Gasteiger partial charge in [0.25, 0.3) is 11.8 Å². The number of nitrogens with one attached hydrogen (secondary N) is 2. The Morgan fingerprint density at radius 1 is 0.906 bits per heavy atom. The van der Waals surface area contributed by atoms with Crippen LogP contribution in [0.25, 0.3) is 11.5 Å². The van der Waals surface area contributed by atoms with E-state index in [4.69, 9.17) is 0 Å². The lowest BCUT2D eigenvalue weighted by molar-refractivity contribution is 0.0122. The van der Waals surface area contributed by atoms with E-state index >= 15 is 0 Å². The predicted molar refractivity (Wildman–Crippen MR) is 113 cm³/mol. The van der Waals surface area contributed by atoms with E-state index in [-0.39, 0.29) is 17.2 Å². The van der Waals surface area contributed by atoms with Crippen molar-refractivity contribution in [3.05, 3.63) is 54.0 Å². The molecule has 0 aromatic carbocycles. The van der Waals surface area contributed by atoms with Crippen molar-refractivity contribution in [3.63, 3.8) is 0 Å². The van der Waals surface area contributed by atoms with Gasteiger partial charge in [0.1, 0.15) is 28.7 Å². The average Bonchev–Trinajstić information content (AvgIpc) is 3.56. The van der Waals surface area contributed by atoms with Gasteiger partial charge in [-0.2, -0.15) is 17.6 Å². The number of pyridine rings is 2. The van der Waals surface area contributed by atoms with E-state index in [1.165, 1.54) is 30.5 Å². The number of halogens is 4. The monoisotopic (exact) mass is 446 g/mol. The van der Waals surface area contributed by atoms with Gasteiger partial charge in [0, 0.05) is 38.3 Å². The second-order valence-electron chi connectivity index (χ2n) is 8.03. The maximum atomic E-state index is 13.8. The minimum Gasteiger partial charge on any atom is -0.370 e. The van der Waals surface area contributed by atoms with Crippen LogP contribution < -0.4 is 10.6 Å². The number of hydrogen-bond acceptors (Lipinski definition) is 6. The van der Waals surface area contributed by atoms with Crippen LogP contribution in [0.1, 0.15) is 38.1 Å². The second kappa shape index (κ2) is 8.33. The Morgan fingerprint density at radius 3 is 2.31 bits per heavy atom. The summed E-state index contributed by atoms with van der Waals surface area (Å²) in [4.78, 5) is 16.5. The molecule has 6 nitrogen and oxygen atoms in total.